The molecule has 2 aliphatic heterocycles. The fraction of sp³-hybridized carbons (Fsp3) is 0.500. The van der Waals surface area contributed by atoms with Gasteiger partial charge in [-0.3, -0.25) is 0 Å². The van der Waals surface area contributed by atoms with Crippen molar-refractivity contribution < 1.29 is 14.6 Å². The lowest BCUT2D eigenvalue weighted by atomic mass is 9.69. The molecule has 1 saturated carbocycles. The number of nitrogens with zero attached hydrogens (tertiary/aromatic N) is 1. The van der Waals surface area contributed by atoms with E-state index in [4.69, 9.17) is 4.74 Å². The summed E-state index contributed by atoms with van der Waals surface area (Å²) in [5.74, 6) is 6.18. The molecule has 2 saturated heterocycles. The molecule has 3 atom stereocenters. The molecule has 1 aliphatic carbocycles. The number of rotatable bonds is 0. The molecule has 0 radical (unpaired) electrons. The van der Waals surface area contributed by atoms with Gasteiger partial charge in [-0.15, -0.1) is 0 Å². The molecule has 3 fully saturated rings. The fourth-order valence-corrected chi connectivity index (χ4v) is 3.55. The maximum atomic E-state index is 11.8. The van der Waals surface area contributed by atoms with Crippen LogP contribution in [0.1, 0.15) is 30.4 Å². The summed E-state index contributed by atoms with van der Waals surface area (Å²) >= 11 is 0. The number of amides is 1. The van der Waals surface area contributed by atoms with Crippen LogP contribution in [0.15, 0.2) is 24.3 Å². The van der Waals surface area contributed by atoms with Gasteiger partial charge in [0.1, 0.15) is 5.60 Å². The topological polar surface area (TPSA) is 49.8 Å². The largest absolute Gasteiger partial charge is 0.453 e. The lowest BCUT2D eigenvalue weighted by Crippen LogP contribution is -2.61. The van der Waals surface area contributed by atoms with Gasteiger partial charge in [0.15, 0.2) is 0 Å². The van der Waals surface area contributed by atoms with E-state index in [1.54, 1.807) is 4.90 Å². The van der Waals surface area contributed by atoms with Crippen molar-refractivity contribution in [1.82, 2.24) is 4.90 Å². The van der Waals surface area contributed by atoms with Crippen molar-refractivity contribution in [2.45, 2.75) is 37.8 Å². The van der Waals surface area contributed by atoms with Gasteiger partial charge >= 0.3 is 6.09 Å². The molecule has 116 valence electrons. The van der Waals surface area contributed by atoms with E-state index in [0.717, 1.165) is 24.0 Å². The number of methoxy groups -OCH3 is 1. The predicted molar refractivity (Wildman–Crippen MR) is 83.2 cm³/mol. The Hall–Kier alpha value is -1.99. The summed E-state index contributed by atoms with van der Waals surface area (Å²) in [6.45, 7) is 2.55. The molecule has 0 unspecified atom stereocenters. The van der Waals surface area contributed by atoms with E-state index in [0.29, 0.717) is 13.0 Å². The number of carbonyl (C=O) groups is 1. The second kappa shape index (κ2) is 5.66. The van der Waals surface area contributed by atoms with E-state index in [9.17, 15) is 9.90 Å². The molecule has 1 aromatic rings. The van der Waals surface area contributed by atoms with Crippen LogP contribution in [0, 0.1) is 24.7 Å². The Balaban J connectivity index is 1.80. The molecule has 4 rings (SSSR count). The Morgan fingerprint density at radius 1 is 1.45 bits per heavy atom. The van der Waals surface area contributed by atoms with Crippen LogP contribution < -0.4 is 0 Å². The Bertz CT molecular complexity index is 645. The highest BCUT2D eigenvalue weighted by Gasteiger charge is 2.50. The number of ether oxygens (including phenoxy) is 1. The number of piperidine rings is 2. The quantitative estimate of drug-likeness (QED) is 0.748. The highest BCUT2D eigenvalue weighted by molar-refractivity contribution is 5.68. The van der Waals surface area contributed by atoms with E-state index < -0.39 is 5.60 Å². The van der Waals surface area contributed by atoms with Gasteiger partial charge in [-0.05, 0) is 37.5 Å². The minimum absolute atomic E-state index is 0.00564. The number of hydrogen-bond donors (Lipinski definition) is 1. The van der Waals surface area contributed by atoms with Crippen LogP contribution in [0.5, 0.6) is 0 Å². The first kappa shape index (κ1) is 14.9. The standard InChI is InChI=1S/C18H21NO3/c1-13-4-3-5-14(10-13)8-9-18(21)11-16-7-6-15(18)12-19(16)17(20)22-2/h3-5,10,15-16,21H,6-7,11-12H2,1-2H3/t15-,16-,18-/m0/s1. The van der Waals surface area contributed by atoms with Gasteiger partial charge in [0.2, 0.25) is 0 Å². The predicted octanol–water partition coefficient (Wildman–Crippen LogP) is 2.33. The molecule has 2 bridgehead atoms. The van der Waals surface area contributed by atoms with Gasteiger partial charge in [-0.25, -0.2) is 4.79 Å². The second-order valence-corrected chi connectivity index (χ2v) is 6.30. The zero-order valence-electron chi connectivity index (χ0n) is 13.0. The summed E-state index contributed by atoms with van der Waals surface area (Å²) in [6, 6.07) is 7.98. The summed E-state index contributed by atoms with van der Waals surface area (Å²) in [4.78, 5) is 13.5. The first-order valence-electron chi connectivity index (χ1n) is 7.68. The summed E-state index contributed by atoms with van der Waals surface area (Å²) in [5, 5.41) is 10.9. The van der Waals surface area contributed by atoms with E-state index in [2.05, 4.69) is 11.8 Å². The number of aryl methyl sites for hydroxylation is 1. The van der Waals surface area contributed by atoms with E-state index in [1.807, 2.05) is 31.2 Å². The van der Waals surface area contributed by atoms with Crippen LogP contribution >= 0.6 is 0 Å². The first-order valence-corrected chi connectivity index (χ1v) is 7.68. The normalized spacial score (nSPS) is 29.7. The SMILES string of the molecule is COC(=O)N1C[C@@H]2CC[C@H]1C[C@@]2(O)C#Cc1cccc(C)c1. The average molecular weight is 299 g/mol. The van der Waals surface area contributed by atoms with Crippen molar-refractivity contribution in [3.63, 3.8) is 0 Å². The van der Waals surface area contributed by atoms with Crippen molar-refractivity contribution in [1.29, 1.82) is 0 Å². The molecule has 0 aromatic heterocycles. The third kappa shape index (κ3) is 2.69. The van der Waals surface area contributed by atoms with Gasteiger partial charge in [0, 0.05) is 30.5 Å². The van der Waals surface area contributed by atoms with E-state index in [1.165, 1.54) is 7.11 Å². The summed E-state index contributed by atoms with van der Waals surface area (Å²) in [6.07, 6.45) is 2.01. The fourth-order valence-electron chi connectivity index (χ4n) is 3.55. The van der Waals surface area contributed by atoms with Crippen LogP contribution in [0.25, 0.3) is 0 Å². The van der Waals surface area contributed by atoms with Gasteiger partial charge in [0.25, 0.3) is 0 Å². The Morgan fingerprint density at radius 2 is 2.27 bits per heavy atom. The van der Waals surface area contributed by atoms with Crippen molar-refractivity contribution in [2.24, 2.45) is 5.92 Å². The van der Waals surface area contributed by atoms with E-state index in [-0.39, 0.29) is 18.1 Å². The molecule has 2 heterocycles. The molecule has 4 heteroatoms. The van der Waals surface area contributed by atoms with E-state index >= 15 is 0 Å². The van der Waals surface area contributed by atoms with Crippen LogP contribution in [-0.2, 0) is 4.74 Å². The number of benzene rings is 1. The third-order valence-electron chi connectivity index (χ3n) is 4.78. The smallest absolute Gasteiger partial charge is 0.409 e. The Kier molecular flexibility index (Phi) is 3.84. The molecule has 4 nitrogen and oxygen atoms in total. The lowest BCUT2D eigenvalue weighted by Gasteiger charge is -2.51. The summed E-state index contributed by atoms with van der Waals surface area (Å²) < 4.78 is 4.82. The first-order chi connectivity index (χ1) is 10.5. The zero-order chi connectivity index (χ0) is 15.7. The molecule has 1 amide bonds. The molecule has 22 heavy (non-hydrogen) atoms. The van der Waals surface area contributed by atoms with Crippen LogP contribution in [0.4, 0.5) is 4.79 Å². The maximum Gasteiger partial charge on any atom is 0.409 e. The van der Waals surface area contributed by atoms with Gasteiger partial charge in [-0.1, -0.05) is 24.0 Å². The highest BCUT2D eigenvalue weighted by Crippen LogP contribution is 2.42. The van der Waals surface area contributed by atoms with Crippen molar-refractivity contribution in [3.8, 4) is 11.8 Å². The maximum absolute atomic E-state index is 11.8. The minimum atomic E-state index is -1.00. The van der Waals surface area contributed by atoms with Crippen LogP contribution in [0.2, 0.25) is 0 Å². The van der Waals surface area contributed by atoms with Crippen molar-refractivity contribution in [3.05, 3.63) is 35.4 Å². The summed E-state index contributed by atoms with van der Waals surface area (Å²) in [7, 11) is 1.40. The molecule has 3 aliphatic rings. The minimum Gasteiger partial charge on any atom is -0.453 e. The Morgan fingerprint density at radius 3 is 2.91 bits per heavy atom. The van der Waals surface area contributed by atoms with Gasteiger partial charge in [-0.2, -0.15) is 0 Å². The van der Waals surface area contributed by atoms with Gasteiger partial charge in [0.05, 0.1) is 7.11 Å². The molecular weight excluding hydrogens is 278 g/mol. The molecule has 0 spiro atoms. The third-order valence-corrected chi connectivity index (χ3v) is 4.78. The number of hydrogen-bond acceptors (Lipinski definition) is 3. The highest BCUT2D eigenvalue weighted by atomic mass is 16.5. The number of carbonyl (C=O) groups excluding carboxylic acids is 1. The molecular formula is C18H21NO3. The number of fused-ring (bicyclic) bond motifs is 3. The van der Waals surface area contributed by atoms with Crippen LogP contribution in [0.3, 0.4) is 0 Å². The molecule has 1 aromatic carbocycles. The lowest BCUT2D eigenvalue weighted by molar-refractivity contribution is -0.0829. The summed E-state index contributed by atoms with van der Waals surface area (Å²) in [5.41, 5.74) is 1.07. The monoisotopic (exact) mass is 299 g/mol. The van der Waals surface area contributed by atoms with Crippen LogP contribution in [-0.4, -0.2) is 41.4 Å². The van der Waals surface area contributed by atoms with Crippen molar-refractivity contribution in [2.75, 3.05) is 13.7 Å². The number of aliphatic hydroxyl groups is 1. The average Bonchev–Trinajstić information content (AvgIpc) is 2.53. The molecule has 1 N–H and O–H groups in total. The second-order valence-electron chi connectivity index (χ2n) is 6.30. The Labute approximate surface area is 131 Å². The zero-order valence-corrected chi connectivity index (χ0v) is 13.0. The van der Waals surface area contributed by atoms with Gasteiger partial charge < -0.3 is 14.7 Å². The van der Waals surface area contributed by atoms with Crippen molar-refractivity contribution >= 4 is 6.09 Å².